The topological polar surface area (TPSA) is 83.8 Å². The molecular formula is C22H23N3O5. The van der Waals surface area contributed by atoms with Crippen molar-refractivity contribution in [2.24, 2.45) is 0 Å². The summed E-state index contributed by atoms with van der Waals surface area (Å²) in [6, 6.07) is 10.8. The number of benzene rings is 2. The van der Waals surface area contributed by atoms with Gasteiger partial charge in [-0.15, -0.1) is 0 Å². The molecule has 8 nitrogen and oxygen atoms in total. The molecule has 0 bridgehead atoms. The Morgan fingerprint density at radius 3 is 2.33 bits per heavy atom. The zero-order chi connectivity index (χ0) is 21.4. The maximum atomic E-state index is 12.9. The van der Waals surface area contributed by atoms with Crippen molar-refractivity contribution in [3.05, 3.63) is 53.2 Å². The van der Waals surface area contributed by atoms with Gasteiger partial charge in [-0.2, -0.15) is 0 Å². The molecule has 30 heavy (non-hydrogen) atoms. The van der Waals surface area contributed by atoms with Crippen molar-refractivity contribution in [1.82, 2.24) is 9.55 Å². The highest BCUT2D eigenvalue weighted by atomic mass is 16.5. The van der Waals surface area contributed by atoms with Gasteiger partial charge in [0.25, 0.3) is 0 Å². The summed E-state index contributed by atoms with van der Waals surface area (Å²) < 4.78 is 23.7. The van der Waals surface area contributed by atoms with Gasteiger partial charge in [0.15, 0.2) is 11.5 Å². The second-order valence-electron chi connectivity index (χ2n) is 6.80. The van der Waals surface area contributed by atoms with Crippen molar-refractivity contribution < 1.29 is 23.7 Å². The summed E-state index contributed by atoms with van der Waals surface area (Å²) in [4.78, 5) is 17.6. The molecule has 1 aliphatic heterocycles. The Labute approximate surface area is 174 Å². The summed E-state index contributed by atoms with van der Waals surface area (Å²) in [7, 11) is 6.07. The maximum absolute atomic E-state index is 12.9. The van der Waals surface area contributed by atoms with Crippen LogP contribution in [0.3, 0.4) is 0 Å². The SMILES string of the molecule is COC(=O)C1=C(C)Nc2nc3ccccc3n2[C@H]1c1cc(OC)c(OC)cc1OC. The Kier molecular flexibility index (Phi) is 4.99. The largest absolute Gasteiger partial charge is 0.496 e. The van der Waals surface area contributed by atoms with Crippen LogP contribution >= 0.6 is 0 Å². The normalized spacial score (nSPS) is 15.4. The van der Waals surface area contributed by atoms with Crippen LogP contribution < -0.4 is 19.5 Å². The summed E-state index contributed by atoms with van der Waals surface area (Å²) in [5, 5.41) is 3.24. The third-order valence-electron chi connectivity index (χ3n) is 5.27. The maximum Gasteiger partial charge on any atom is 0.337 e. The zero-order valence-corrected chi connectivity index (χ0v) is 17.5. The molecule has 4 rings (SSSR count). The molecule has 2 aromatic carbocycles. The van der Waals surface area contributed by atoms with E-state index in [1.807, 2.05) is 41.8 Å². The lowest BCUT2D eigenvalue weighted by Crippen LogP contribution is -2.28. The van der Waals surface area contributed by atoms with E-state index in [1.54, 1.807) is 27.4 Å². The van der Waals surface area contributed by atoms with Crippen LogP contribution in [-0.4, -0.2) is 44.0 Å². The van der Waals surface area contributed by atoms with Crippen LogP contribution in [0, 0.1) is 0 Å². The quantitative estimate of drug-likeness (QED) is 0.646. The predicted octanol–water partition coefficient (Wildman–Crippen LogP) is 3.52. The van der Waals surface area contributed by atoms with E-state index in [4.69, 9.17) is 23.9 Å². The Hall–Kier alpha value is -3.68. The van der Waals surface area contributed by atoms with Gasteiger partial charge < -0.3 is 24.3 Å². The average Bonchev–Trinajstić information content (AvgIpc) is 3.14. The highest BCUT2D eigenvalue weighted by Gasteiger charge is 2.37. The van der Waals surface area contributed by atoms with Gasteiger partial charge in [0.2, 0.25) is 5.95 Å². The van der Waals surface area contributed by atoms with Crippen LogP contribution in [0.15, 0.2) is 47.7 Å². The van der Waals surface area contributed by atoms with Gasteiger partial charge in [-0.1, -0.05) is 12.1 Å². The molecule has 0 saturated heterocycles. The van der Waals surface area contributed by atoms with Crippen LogP contribution in [0.4, 0.5) is 5.95 Å². The molecule has 156 valence electrons. The minimum absolute atomic E-state index is 0.440. The van der Waals surface area contributed by atoms with Crippen LogP contribution in [0.25, 0.3) is 11.0 Å². The molecule has 0 unspecified atom stereocenters. The molecule has 0 amide bonds. The van der Waals surface area contributed by atoms with E-state index in [0.29, 0.717) is 34.5 Å². The Morgan fingerprint density at radius 2 is 1.67 bits per heavy atom. The van der Waals surface area contributed by atoms with E-state index in [-0.39, 0.29) is 0 Å². The van der Waals surface area contributed by atoms with Crippen molar-refractivity contribution >= 4 is 23.0 Å². The number of nitrogens with one attached hydrogen (secondary N) is 1. The Balaban J connectivity index is 2.06. The number of methoxy groups -OCH3 is 4. The molecule has 1 N–H and O–H groups in total. The third kappa shape index (κ3) is 2.92. The van der Waals surface area contributed by atoms with Gasteiger partial charge in [-0.05, 0) is 25.1 Å². The first-order valence-corrected chi connectivity index (χ1v) is 9.37. The number of aromatic nitrogens is 2. The molecule has 0 radical (unpaired) electrons. The van der Waals surface area contributed by atoms with Crippen molar-refractivity contribution in [3.8, 4) is 17.2 Å². The molecule has 0 fully saturated rings. The number of rotatable bonds is 5. The van der Waals surface area contributed by atoms with Crippen molar-refractivity contribution in [2.75, 3.05) is 33.8 Å². The lowest BCUT2D eigenvalue weighted by atomic mass is 9.93. The molecule has 0 spiro atoms. The average molecular weight is 409 g/mol. The second-order valence-corrected chi connectivity index (χ2v) is 6.80. The zero-order valence-electron chi connectivity index (χ0n) is 17.5. The summed E-state index contributed by atoms with van der Waals surface area (Å²) in [5.74, 6) is 1.80. The highest BCUT2D eigenvalue weighted by Crippen LogP contribution is 2.45. The summed E-state index contributed by atoms with van der Waals surface area (Å²) in [6.45, 7) is 1.83. The third-order valence-corrected chi connectivity index (χ3v) is 5.27. The Bertz CT molecular complexity index is 1170. The number of imidazole rings is 1. The van der Waals surface area contributed by atoms with Gasteiger partial charge in [-0.3, -0.25) is 4.57 Å². The lowest BCUT2D eigenvalue weighted by Gasteiger charge is -2.31. The number of esters is 1. The van der Waals surface area contributed by atoms with Gasteiger partial charge in [-0.25, -0.2) is 9.78 Å². The predicted molar refractivity (Wildman–Crippen MR) is 112 cm³/mol. The number of para-hydroxylation sites is 2. The van der Waals surface area contributed by atoms with E-state index < -0.39 is 12.0 Å². The molecular weight excluding hydrogens is 386 g/mol. The van der Waals surface area contributed by atoms with Crippen molar-refractivity contribution in [2.45, 2.75) is 13.0 Å². The van der Waals surface area contributed by atoms with Crippen molar-refractivity contribution in [1.29, 1.82) is 0 Å². The number of fused-ring (bicyclic) bond motifs is 3. The van der Waals surface area contributed by atoms with Crippen molar-refractivity contribution in [3.63, 3.8) is 0 Å². The Morgan fingerprint density at radius 1 is 1.00 bits per heavy atom. The fourth-order valence-electron chi connectivity index (χ4n) is 3.90. The van der Waals surface area contributed by atoms with E-state index in [0.717, 1.165) is 16.6 Å². The second kappa shape index (κ2) is 7.62. The summed E-state index contributed by atoms with van der Waals surface area (Å²) in [6.07, 6.45) is 0. The molecule has 0 aliphatic carbocycles. The number of carbonyl (C=O) groups excluding carboxylic acids is 1. The number of hydrogen-bond acceptors (Lipinski definition) is 7. The molecule has 1 aliphatic rings. The minimum Gasteiger partial charge on any atom is -0.496 e. The first-order chi connectivity index (χ1) is 14.5. The summed E-state index contributed by atoms with van der Waals surface area (Å²) in [5.41, 5.74) is 3.52. The van der Waals surface area contributed by atoms with E-state index in [1.165, 1.54) is 7.11 Å². The number of carbonyl (C=O) groups is 1. The van der Waals surface area contributed by atoms with Gasteiger partial charge in [0, 0.05) is 17.3 Å². The van der Waals surface area contributed by atoms with Gasteiger partial charge >= 0.3 is 5.97 Å². The van der Waals surface area contributed by atoms with Gasteiger partial charge in [0.05, 0.1) is 51.1 Å². The number of anilines is 1. The van der Waals surface area contributed by atoms with E-state index >= 15 is 0 Å². The standard InChI is InChI=1S/C22H23N3O5/c1-12-19(21(26)30-5)20(13-10-17(28-3)18(29-4)11-16(13)27-2)25-15-9-7-6-8-14(15)24-22(25)23-12/h6-11,20H,1-5H3,(H,23,24)/t20-/m0/s1. The van der Waals surface area contributed by atoms with E-state index in [9.17, 15) is 4.79 Å². The lowest BCUT2D eigenvalue weighted by molar-refractivity contribution is -0.136. The fraction of sp³-hybridized carbons (Fsp3) is 0.273. The van der Waals surface area contributed by atoms with Crippen LogP contribution in [0.2, 0.25) is 0 Å². The molecule has 0 saturated carbocycles. The number of hydrogen-bond donors (Lipinski definition) is 1. The first kappa shape index (κ1) is 19.6. The monoisotopic (exact) mass is 409 g/mol. The molecule has 3 aromatic rings. The highest BCUT2D eigenvalue weighted by molar-refractivity contribution is 5.94. The minimum atomic E-state index is -0.546. The van der Waals surface area contributed by atoms with Crippen LogP contribution in [-0.2, 0) is 9.53 Å². The molecule has 2 heterocycles. The van der Waals surface area contributed by atoms with Gasteiger partial charge in [0.1, 0.15) is 5.75 Å². The molecule has 1 atom stereocenters. The number of allylic oxidation sites excluding steroid dienone is 1. The first-order valence-electron chi connectivity index (χ1n) is 9.37. The number of nitrogens with zero attached hydrogens (tertiary/aromatic N) is 2. The van der Waals surface area contributed by atoms with Crippen LogP contribution in [0.5, 0.6) is 17.2 Å². The van der Waals surface area contributed by atoms with Crippen LogP contribution in [0.1, 0.15) is 18.5 Å². The molecule has 8 heteroatoms. The fourth-order valence-corrected chi connectivity index (χ4v) is 3.90. The molecule has 1 aromatic heterocycles. The smallest absolute Gasteiger partial charge is 0.337 e. The van der Waals surface area contributed by atoms with E-state index in [2.05, 4.69) is 5.32 Å². The number of ether oxygens (including phenoxy) is 4. The summed E-state index contributed by atoms with van der Waals surface area (Å²) >= 11 is 0.